The Morgan fingerprint density at radius 3 is 3.05 bits per heavy atom. The Kier molecular flexibility index (Phi) is 5.22. The predicted molar refractivity (Wildman–Crippen MR) is 74.3 cm³/mol. The minimum absolute atomic E-state index is 0.0510. The summed E-state index contributed by atoms with van der Waals surface area (Å²) in [5.74, 6) is 0.266. The van der Waals surface area contributed by atoms with E-state index < -0.39 is 0 Å². The van der Waals surface area contributed by atoms with Gasteiger partial charge in [-0.1, -0.05) is 6.07 Å². The zero-order valence-corrected chi connectivity index (χ0v) is 12.4. The molecule has 2 rings (SSSR count). The van der Waals surface area contributed by atoms with E-state index in [9.17, 15) is 4.79 Å². The molecule has 5 heteroatoms. The highest BCUT2D eigenvalue weighted by Crippen LogP contribution is 2.25. The van der Waals surface area contributed by atoms with Gasteiger partial charge in [-0.2, -0.15) is 0 Å². The number of halogens is 1. The lowest BCUT2D eigenvalue weighted by Gasteiger charge is -2.11. The summed E-state index contributed by atoms with van der Waals surface area (Å²) in [6.45, 7) is 2.98. The van der Waals surface area contributed by atoms with Crippen molar-refractivity contribution in [1.29, 1.82) is 0 Å². The summed E-state index contributed by atoms with van der Waals surface area (Å²) in [6, 6.07) is 5.69. The number of carbonyl (C=O) groups is 1. The SMILES string of the molecule is Cc1ccc(OCC(=O)OCC2CCCO2)c(Br)c1. The van der Waals surface area contributed by atoms with Crippen molar-refractivity contribution in [3.05, 3.63) is 28.2 Å². The number of rotatable bonds is 5. The molecule has 1 fully saturated rings. The topological polar surface area (TPSA) is 44.8 Å². The van der Waals surface area contributed by atoms with Crippen LogP contribution >= 0.6 is 15.9 Å². The summed E-state index contributed by atoms with van der Waals surface area (Å²) in [4.78, 5) is 11.5. The van der Waals surface area contributed by atoms with Crippen molar-refractivity contribution in [2.45, 2.75) is 25.9 Å². The lowest BCUT2D eigenvalue weighted by molar-refractivity contribution is -0.149. The van der Waals surface area contributed by atoms with Crippen molar-refractivity contribution in [1.82, 2.24) is 0 Å². The second-order valence-electron chi connectivity index (χ2n) is 4.54. The van der Waals surface area contributed by atoms with E-state index in [2.05, 4.69) is 15.9 Å². The highest BCUT2D eigenvalue weighted by molar-refractivity contribution is 9.10. The van der Waals surface area contributed by atoms with Gasteiger partial charge in [-0.05, 0) is 53.4 Å². The van der Waals surface area contributed by atoms with Crippen molar-refractivity contribution in [2.75, 3.05) is 19.8 Å². The molecule has 0 radical (unpaired) electrons. The van der Waals surface area contributed by atoms with Crippen LogP contribution in [0.25, 0.3) is 0 Å². The molecule has 0 aliphatic carbocycles. The van der Waals surface area contributed by atoms with Crippen LogP contribution in [0, 0.1) is 6.92 Å². The third-order valence-electron chi connectivity index (χ3n) is 2.89. The predicted octanol–water partition coefficient (Wildman–Crippen LogP) is 2.86. The van der Waals surface area contributed by atoms with Crippen LogP contribution in [-0.4, -0.2) is 31.9 Å². The largest absolute Gasteiger partial charge is 0.481 e. The van der Waals surface area contributed by atoms with Crippen molar-refractivity contribution in [2.24, 2.45) is 0 Å². The van der Waals surface area contributed by atoms with Crippen molar-refractivity contribution >= 4 is 21.9 Å². The first kappa shape index (κ1) is 14.3. The average Bonchev–Trinajstić information content (AvgIpc) is 2.88. The molecule has 0 N–H and O–H groups in total. The highest BCUT2D eigenvalue weighted by Gasteiger charge is 2.17. The van der Waals surface area contributed by atoms with Gasteiger partial charge in [0.25, 0.3) is 0 Å². The van der Waals surface area contributed by atoms with E-state index in [0.717, 1.165) is 29.5 Å². The Morgan fingerprint density at radius 2 is 2.37 bits per heavy atom. The summed E-state index contributed by atoms with van der Waals surface area (Å²) in [5.41, 5.74) is 1.13. The molecule has 1 atom stereocenters. The van der Waals surface area contributed by atoms with E-state index in [1.807, 2.05) is 25.1 Å². The maximum atomic E-state index is 11.5. The summed E-state index contributed by atoms with van der Waals surface area (Å²) in [5, 5.41) is 0. The fraction of sp³-hybridized carbons (Fsp3) is 0.500. The van der Waals surface area contributed by atoms with Crippen LogP contribution in [0.5, 0.6) is 5.75 Å². The van der Waals surface area contributed by atoms with Crippen LogP contribution in [0.2, 0.25) is 0 Å². The Morgan fingerprint density at radius 1 is 1.53 bits per heavy atom. The molecule has 0 aromatic heterocycles. The van der Waals surface area contributed by atoms with Gasteiger partial charge in [0.15, 0.2) is 6.61 Å². The fourth-order valence-corrected chi connectivity index (χ4v) is 2.47. The molecule has 1 saturated heterocycles. The molecule has 0 bridgehead atoms. The van der Waals surface area contributed by atoms with E-state index in [-0.39, 0.29) is 18.7 Å². The molecule has 19 heavy (non-hydrogen) atoms. The zero-order valence-electron chi connectivity index (χ0n) is 10.9. The monoisotopic (exact) mass is 328 g/mol. The first-order valence-electron chi connectivity index (χ1n) is 6.31. The number of aryl methyl sites for hydroxylation is 1. The average molecular weight is 329 g/mol. The molecule has 1 unspecified atom stereocenters. The molecular weight excluding hydrogens is 312 g/mol. The van der Waals surface area contributed by atoms with Gasteiger partial charge < -0.3 is 14.2 Å². The van der Waals surface area contributed by atoms with Crippen molar-refractivity contribution < 1.29 is 19.0 Å². The number of carbonyl (C=O) groups excluding carboxylic acids is 1. The molecule has 1 aromatic carbocycles. The number of benzene rings is 1. The standard InChI is InChI=1S/C14H17BrO4/c1-10-4-5-13(12(15)7-10)18-9-14(16)19-8-11-3-2-6-17-11/h4-5,7,11H,2-3,6,8-9H2,1H3. The third-order valence-corrected chi connectivity index (χ3v) is 3.51. The molecule has 0 amide bonds. The van der Waals surface area contributed by atoms with Crippen LogP contribution in [0.3, 0.4) is 0 Å². The number of ether oxygens (including phenoxy) is 3. The second kappa shape index (κ2) is 6.91. The van der Waals surface area contributed by atoms with Gasteiger partial charge in [0, 0.05) is 6.61 Å². The molecule has 104 valence electrons. The number of hydrogen-bond acceptors (Lipinski definition) is 4. The maximum Gasteiger partial charge on any atom is 0.344 e. The Bertz CT molecular complexity index is 441. The van der Waals surface area contributed by atoms with Crippen molar-refractivity contribution in [3.8, 4) is 5.75 Å². The molecule has 1 aliphatic rings. The summed E-state index contributed by atoms with van der Waals surface area (Å²) < 4.78 is 16.7. The molecule has 4 nitrogen and oxygen atoms in total. The first-order valence-corrected chi connectivity index (χ1v) is 7.10. The smallest absolute Gasteiger partial charge is 0.344 e. The Hall–Kier alpha value is -1.07. The van der Waals surface area contributed by atoms with Crippen LogP contribution in [-0.2, 0) is 14.3 Å². The van der Waals surface area contributed by atoms with Gasteiger partial charge in [-0.3, -0.25) is 0 Å². The summed E-state index contributed by atoms with van der Waals surface area (Å²) >= 11 is 3.39. The quantitative estimate of drug-likeness (QED) is 0.779. The maximum absolute atomic E-state index is 11.5. The van der Waals surface area contributed by atoms with E-state index in [0.29, 0.717) is 12.4 Å². The lowest BCUT2D eigenvalue weighted by Crippen LogP contribution is -2.21. The fourth-order valence-electron chi connectivity index (χ4n) is 1.86. The van der Waals surface area contributed by atoms with Crippen molar-refractivity contribution in [3.63, 3.8) is 0 Å². The molecule has 1 aromatic rings. The molecule has 1 aliphatic heterocycles. The van der Waals surface area contributed by atoms with Gasteiger partial charge in [0.05, 0.1) is 10.6 Å². The highest BCUT2D eigenvalue weighted by atomic mass is 79.9. The van der Waals surface area contributed by atoms with Crippen LogP contribution in [0.15, 0.2) is 22.7 Å². The second-order valence-corrected chi connectivity index (χ2v) is 5.39. The van der Waals surface area contributed by atoms with Crippen LogP contribution in [0.1, 0.15) is 18.4 Å². The minimum Gasteiger partial charge on any atom is -0.481 e. The van der Waals surface area contributed by atoms with Crippen LogP contribution < -0.4 is 4.74 Å². The molecule has 0 spiro atoms. The van der Waals surface area contributed by atoms with Gasteiger partial charge in [-0.25, -0.2) is 4.79 Å². The third kappa shape index (κ3) is 4.51. The van der Waals surface area contributed by atoms with E-state index in [1.165, 1.54) is 0 Å². The molecule has 1 heterocycles. The molecular formula is C14H17BrO4. The van der Waals surface area contributed by atoms with Gasteiger partial charge in [0.2, 0.25) is 0 Å². The number of esters is 1. The number of hydrogen-bond donors (Lipinski definition) is 0. The van der Waals surface area contributed by atoms with E-state index in [1.54, 1.807) is 0 Å². The van der Waals surface area contributed by atoms with Gasteiger partial charge in [0.1, 0.15) is 12.4 Å². The minimum atomic E-state index is -0.372. The normalized spacial score (nSPS) is 18.3. The van der Waals surface area contributed by atoms with E-state index in [4.69, 9.17) is 14.2 Å². The summed E-state index contributed by atoms with van der Waals surface area (Å²) in [6.07, 6.45) is 2.04. The Balaban J connectivity index is 1.73. The van der Waals surface area contributed by atoms with Crippen LogP contribution in [0.4, 0.5) is 0 Å². The lowest BCUT2D eigenvalue weighted by atomic mass is 10.2. The summed E-state index contributed by atoms with van der Waals surface area (Å²) in [7, 11) is 0. The van der Waals surface area contributed by atoms with Gasteiger partial charge >= 0.3 is 5.97 Å². The van der Waals surface area contributed by atoms with Gasteiger partial charge in [-0.15, -0.1) is 0 Å². The Labute approximate surface area is 121 Å². The first-order chi connectivity index (χ1) is 9.15. The van der Waals surface area contributed by atoms with E-state index >= 15 is 0 Å². The zero-order chi connectivity index (χ0) is 13.7. The molecule has 0 saturated carbocycles.